The quantitative estimate of drug-likeness (QED) is 0.838. The smallest absolute Gasteiger partial charge is 0.243 e. The van der Waals surface area contributed by atoms with Crippen LogP contribution in [0.3, 0.4) is 0 Å². The second-order valence-corrected chi connectivity index (χ2v) is 5.08. The zero-order valence-electron chi connectivity index (χ0n) is 12.1. The third kappa shape index (κ3) is 6.80. The maximum atomic E-state index is 11.9. The Labute approximate surface area is 136 Å². The molecular formula is C14H21Cl2N3O2. The van der Waals surface area contributed by atoms with Crippen LogP contribution in [0.25, 0.3) is 0 Å². The van der Waals surface area contributed by atoms with Gasteiger partial charge in [-0.15, -0.1) is 12.4 Å². The summed E-state index contributed by atoms with van der Waals surface area (Å²) in [5, 5.41) is 3.22. The van der Waals surface area contributed by atoms with E-state index in [-0.39, 0.29) is 30.8 Å². The first-order chi connectivity index (χ1) is 9.43. The van der Waals surface area contributed by atoms with Crippen molar-refractivity contribution >= 4 is 41.5 Å². The average molecular weight is 334 g/mol. The molecule has 2 amide bonds. The number of likely N-dealkylation sites (N-methyl/N-ethyl adjacent to an activating group) is 1. The molecule has 0 aliphatic carbocycles. The Morgan fingerprint density at radius 3 is 2.67 bits per heavy atom. The molecule has 0 aromatic heterocycles. The largest absolute Gasteiger partial charge is 0.335 e. The van der Waals surface area contributed by atoms with E-state index in [1.807, 2.05) is 6.92 Å². The standard InChI is InChI=1S/C14H20ClN3O2.ClH/c1-3-5-12(16)14(20)18(2)9-13(19)17-11-7-4-6-10(15)8-11;/h4,6-8,12H,3,5,9,16H2,1-2H3,(H,17,19);1H. The summed E-state index contributed by atoms with van der Waals surface area (Å²) in [6, 6.07) is 6.28. The molecule has 0 radical (unpaired) electrons. The van der Waals surface area contributed by atoms with E-state index in [1.54, 1.807) is 31.3 Å². The lowest BCUT2D eigenvalue weighted by atomic mass is 10.1. The Balaban J connectivity index is 0.00000400. The van der Waals surface area contributed by atoms with Gasteiger partial charge in [-0.1, -0.05) is 31.0 Å². The van der Waals surface area contributed by atoms with Crippen LogP contribution in [0, 0.1) is 0 Å². The highest BCUT2D eigenvalue weighted by Gasteiger charge is 2.19. The van der Waals surface area contributed by atoms with Crippen molar-refractivity contribution in [1.29, 1.82) is 0 Å². The SMILES string of the molecule is CCCC(N)C(=O)N(C)CC(=O)Nc1cccc(Cl)c1.Cl. The summed E-state index contributed by atoms with van der Waals surface area (Å²) in [6.07, 6.45) is 1.44. The third-order valence-electron chi connectivity index (χ3n) is 2.78. The first kappa shape index (κ1) is 19.7. The fourth-order valence-electron chi connectivity index (χ4n) is 1.78. The molecule has 0 aliphatic heterocycles. The highest BCUT2D eigenvalue weighted by atomic mass is 35.5. The summed E-state index contributed by atoms with van der Waals surface area (Å²) in [7, 11) is 1.56. The van der Waals surface area contributed by atoms with Crippen LogP contribution >= 0.6 is 24.0 Å². The van der Waals surface area contributed by atoms with Crippen molar-refractivity contribution in [2.45, 2.75) is 25.8 Å². The minimum absolute atomic E-state index is 0. The van der Waals surface area contributed by atoms with E-state index in [4.69, 9.17) is 17.3 Å². The molecular weight excluding hydrogens is 313 g/mol. The van der Waals surface area contributed by atoms with E-state index in [2.05, 4.69) is 5.32 Å². The normalized spacial score (nSPS) is 11.2. The second kappa shape index (κ2) is 9.60. The molecule has 5 nitrogen and oxygen atoms in total. The van der Waals surface area contributed by atoms with Crippen molar-refractivity contribution in [3.05, 3.63) is 29.3 Å². The van der Waals surface area contributed by atoms with Gasteiger partial charge in [0.2, 0.25) is 11.8 Å². The molecule has 0 saturated heterocycles. The van der Waals surface area contributed by atoms with Crippen molar-refractivity contribution in [2.24, 2.45) is 5.73 Å². The predicted molar refractivity (Wildman–Crippen MR) is 87.9 cm³/mol. The van der Waals surface area contributed by atoms with Crippen molar-refractivity contribution < 1.29 is 9.59 Å². The maximum absolute atomic E-state index is 11.9. The third-order valence-corrected chi connectivity index (χ3v) is 3.02. The van der Waals surface area contributed by atoms with E-state index in [0.717, 1.165) is 6.42 Å². The molecule has 7 heteroatoms. The summed E-state index contributed by atoms with van der Waals surface area (Å²) in [6.45, 7) is 1.92. The van der Waals surface area contributed by atoms with E-state index < -0.39 is 6.04 Å². The van der Waals surface area contributed by atoms with Crippen LogP contribution in [0.5, 0.6) is 0 Å². The van der Waals surface area contributed by atoms with Gasteiger partial charge in [0.1, 0.15) is 0 Å². The lowest BCUT2D eigenvalue weighted by Gasteiger charge is -2.20. The van der Waals surface area contributed by atoms with Crippen molar-refractivity contribution in [1.82, 2.24) is 4.90 Å². The topological polar surface area (TPSA) is 75.4 Å². The van der Waals surface area contributed by atoms with Crippen LogP contribution in [-0.4, -0.2) is 36.3 Å². The van der Waals surface area contributed by atoms with Crippen LogP contribution in [0.4, 0.5) is 5.69 Å². The number of hydrogen-bond acceptors (Lipinski definition) is 3. The van der Waals surface area contributed by atoms with Gasteiger partial charge in [-0.2, -0.15) is 0 Å². The molecule has 1 aromatic rings. The zero-order valence-corrected chi connectivity index (χ0v) is 13.7. The van der Waals surface area contributed by atoms with Crippen molar-refractivity contribution in [3.8, 4) is 0 Å². The molecule has 1 atom stereocenters. The van der Waals surface area contributed by atoms with Gasteiger partial charge in [-0.3, -0.25) is 9.59 Å². The number of nitrogens with two attached hydrogens (primary N) is 1. The highest BCUT2D eigenvalue weighted by molar-refractivity contribution is 6.30. The minimum Gasteiger partial charge on any atom is -0.335 e. The second-order valence-electron chi connectivity index (χ2n) is 4.65. The average Bonchev–Trinajstić information content (AvgIpc) is 2.37. The number of hydrogen-bond donors (Lipinski definition) is 2. The lowest BCUT2D eigenvalue weighted by molar-refractivity contribution is -0.134. The summed E-state index contributed by atoms with van der Waals surface area (Å²) in [5.74, 6) is -0.514. The van der Waals surface area contributed by atoms with Gasteiger partial charge in [0.25, 0.3) is 0 Å². The molecule has 0 aliphatic rings. The van der Waals surface area contributed by atoms with Crippen molar-refractivity contribution in [2.75, 3.05) is 18.9 Å². The Hall–Kier alpha value is -1.30. The van der Waals surface area contributed by atoms with Gasteiger partial charge < -0.3 is 16.0 Å². The lowest BCUT2D eigenvalue weighted by Crippen LogP contribution is -2.44. The first-order valence-corrected chi connectivity index (χ1v) is 6.87. The summed E-state index contributed by atoms with van der Waals surface area (Å²) in [5.41, 5.74) is 6.33. The monoisotopic (exact) mass is 333 g/mol. The van der Waals surface area contributed by atoms with Gasteiger partial charge in [-0.25, -0.2) is 0 Å². The molecule has 1 aromatic carbocycles. The van der Waals surface area contributed by atoms with Gasteiger partial charge in [-0.05, 0) is 24.6 Å². The zero-order chi connectivity index (χ0) is 15.1. The van der Waals surface area contributed by atoms with Gasteiger partial charge in [0.05, 0.1) is 12.6 Å². The van der Waals surface area contributed by atoms with Gasteiger partial charge in [0.15, 0.2) is 0 Å². The molecule has 3 N–H and O–H groups in total. The molecule has 0 fully saturated rings. The molecule has 0 spiro atoms. The highest BCUT2D eigenvalue weighted by Crippen LogP contribution is 2.14. The Kier molecular flexibility index (Phi) is 9.01. The number of halogens is 2. The summed E-state index contributed by atoms with van der Waals surface area (Å²) >= 11 is 5.83. The van der Waals surface area contributed by atoms with Gasteiger partial charge >= 0.3 is 0 Å². The van der Waals surface area contributed by atoms with Crippen LogP contribution in [0.2, 0.25) is 5.02 Å². The number of amides is 2. The van der Waals surface area contributed by atoms with Gasteiger partial charge in [0, 0.05) is 17.8 Å². The molecule has 1 unspecified atom stereocenters. The van der Waals surface area contributed by atoms with E-state index >= 15 is 0 Å². The summed E-state index contributed by atoms with van der Waals surface area (Å²) in [4.78, 5) is 25.0. The fraction of sp³-hybridized carbons (Fsp3) is 0.429. The Morgan fingerprint density at radius 2 is 2.10 bits per heavy atom. The number of rotatable bonds is 6. The van der Waals surface area contributed by atoms with E-state index in [0.29, 0.717) is 17.1 Å². The van der Waals surface area contributed by atoms with Crippen LogP contribution in [-0.2, 0) is 9.59 Å². The molecule has 0 bridgehead atoms. The molecule has 1 rings (SSSR count). The molecule has 21 heavy (non-hydrogen) atoms. The fourth-order valence-corrected chi connectivity index (χ4v) is 1.97. The number of nitrogens with one attached hydrogen (secondary N) is 1. The molecule has 118 valence electrons. The number of carbonyl (C=O) groups excluding carboxylic acids is 2. The van der Waals surface area contributed by atoms with E-state index in [9.17, 15) is 9.59 Å². The predicted octanol–water partition coefficient (Wildman–Crippen LogP) is 2.29. The maximum Gasteiger partial charge on any atom is 0.243 e. The Morgan fingerprint density at radius 1 is 1.43 bits per heavy atom. The minimum atomic E-state index is -0.552. The van der Waals surface area contributed by atoms with Crippen LogP contribution in [0.15, 0.2) is 24.3 Å². The number of benzene rings is 1. The number of carbonyl (C=O) groups is 2. The van der Waals surface area contributed by atoms with Crippen molar-refractivity contribution in [3.63, 3.8) is 0 Å². The van der Waals surface area contributed by atoms with Crippen LogP contribution in [0.1, 0.15) is 19.8 Å². The molecule has 0 heterocycles. The number of nitrogens with zero attached hydrogens (tertiary/aromatic N) is 1. The Bertz CT molecular complexity index is 483. The number of anilines is 1. The molecule has 0 saturated carbocycles. The first-order valence-electron chi connectivity index (χ1n) is 6.50. The van der Waals surface area contributed by atoms with E-state index in [1.165, 1.54) is 4.90 Å². The van der Waals surface area contributed by atoms with Crippen LogP contribution < -0.4 is 11.1 Å². The summed E-state index contributed by atoms with van der Waals surface area (Å²) < 4.78 is 0.